The van der Waals surface area contributed by atoms with Crippen LogP contribution in [0.4, 0.5) is 22.0 Å². The van der Waals surface area contributed by atoms with E-state index < -0.39 is 45.4 Å². The molecule has 3 heterocycles. The van der Waals surface area contributed by atoms with Crippen LogP contribution in [0.3, 0.4) is 0 Å². The van der Waals surface area contributed by atoms with Crippen LogP contribution in [0.5, 0.6) is 5.75 Å². The summed E-state index contributed by atoms with van der Waals surface area (Å²) >= 11 is 0.900. The number of benzene rings is 1. The minimum Gasteiger partial charge on any atom is -0.484 e. The van der Waals surface area contributed by atoms with Gasteiger partial charge in [0.15, 0.2) is 23.1 Å². The number of aromatic nitrogens is 1. The monoisotopic (exact) mass is 539 g/mol. The highest BCUT2D eigenvalue weighted by molar-refractivity contribution is 7.88. The molecule has 4 rings (SSSR count). The minimum atomic E-state index is -4.52. The normalized spacial score (nSPS) is 22.9. The van der Waals surface area contributed by atoms with Crippen LogP contribution >= 0.6 is 11.3 Å². The minimum absolute atomic E-state index is 0.176. The van der Waals surface area contributed by atoms with Crippen LogP contribution in [0.1, 0.15) is 41.4 Å². The second-order valence-electron chi connectivity index (χ2n) is 8.99. The van der Waals surface area contributed by atoms with Crippen molar-refractivity contribution < 1.29 is 35.1 Å². The standard InChI is InChI=1S/C22H26F5N3O3S2/c1-35(31,32)30-6-3-13(4-7-30)14-8-16(23)21(17(24)9-14)33-18-2-5-28-11-15(18)10-20-29-19(12-34-20)22(25,26)27/h8-9,12-13,15,18,28H,2-7,10-11H2,1H3. The molecular formula is C22H26F5N3O3S2. The molecule has 2 saturated heterocycles. The Morgan fingerprint density at radius 1 is 1.17 bits per heavy atom. The van der Waals surface area contributed by atoms with E-state index in [9.17, 15) is 30.4 Å². The molecule has 0 saturated carbocycles. The number of piperidine rings is 2. The first-order chi connectivity index (χ1) is 16.4. The molecule has 2 unspecified atom stereocenters. The van der Waals surface area contributed by atoms with Crippen molar-refractivity contribution in [1.82, 2.24) is 14.6 Å². The molecule has 2 aromatic rings. The second-order valence-corrected chi connectivity index (χ2v) is 11.9. The van der Waals surface area contributed by atoms with E-state index in [1.165, 1.54) is 16.4 Å². The van der Waals surface area contributed by atoms with Crippen LogP contribution in [-0.4, -0.2) is 56.2 Å². The zero-order valence-electron chi connectivity index (χ0n) is 18.9. The summed E-state index contributed by atoms with van der Waals surface area (Å²) in [5.74, 6) is -2.69. The van der Waals surface area contributed by atoms with E-state index in [0.29, 0.717) is 37.9 Å². The van der Waals surface area contributed by atoms with Crippen molar-refractivity contribution in [2.45, 2.75) is 43.9 Å². The van der Waals surface area contributed by atoms with Crippen molar-refractivity contribution in [3.63, 3.8) is 0 Å². The Morgan fingerprint density at radius 3 is 2.40 bits per heavy atom. The van der Waals surface area contributed by atoms with Crippen LogP contribution in [-0.2, 0) is 22.6 Å². The topological polar surface area (TPSA) is 71.5 Å². The van der Waals surface area contributed by atoms with E-state index in [4.69, 9.17) is 4.74 Å². The largest absolute Gasteiger partial charge is 0.484 e. The van der Waals surface area contributed by atoms with Crippen LogP contribution in [0, 0.1) is 17.6 Å². The van der Waals surface area contributed by atoms with Crippen molar-refractivity contribution in [2.24, 2.45) is 5.92 Å². The van der Waals surface area contributed by atoms with E-state index in [1.807, 2.05) is 0 Å². The summed E-state index contributed by atoms with van der Waals surface area (Å²) in [5, 5.41) is 4.39. The number of halogens is 5. The van der Waals surface area contributed by atoms with Gasteiger partial charge in [0, 0.05) is 37.4 Å². The van der Waals surface area contributed by atoms with Gasteiger partial charge >= 0.3 is 6.18 Å². The second kappa shape index (κ2) is 10.3. The molecule has 2 aliphatic rings. The number of sulfonamides is 1. The number of rotatable bonds is 6. The lowest BCUT2D eigenvalue weighted by molar-refractivity contribution is -0.140. The summed E-state index contributed by atoms with van der Waals surface area (Å²) in [6.07, 6.45) is -2.44. The Bertz CT molecular complexity index is 1120. The third-order valence-electron chi connectivity index (χ3n) is 6.50. The van der Waals surface area contributed by atoms with Gasteiger partial charge in [0.05, 0.1) is 11.3 Å². The molecule has 13 heteroatoms. The molecule has 6 nitrogen and oxygen atoms in total. The maximum atomic E-state index is 15.0. The van der Waals surface area contributed by atoms with Crippen LogP contribution in [0.25, 0.3) is 0 Å². The van der Waals surface area contributed by atoms with Gasteiger partial charge in [-0.15, -0.1) is 11.3 Å². The van der Waals surface area contributed by atoms with Crippen LogP contribution in [0.15, 0.2) is 17.5 Å². The van der Waals surface area contributed by atoms with Crippen molar-refractivity contribution >= 4 is 21.4 Å². The molecule has 1 aromatic carbocycles. The molecular weight excluding hydrogens is 513 g/mol. The predicted octanol–water partition coefficient (Wildman–Crippen LogP) is 4.18. The van der Waals surface area contributed by atoms with Gasteiger partial charge < -0.3 is 10.1 Å². The fourth-order valence-electron chi connectivity index (χ4n) is 4.62. The molecule has 2 aliphatic heterocycles. The molecule has 0 bridgehead atoms. The summed E-state index contributed by atoms with van der Waals surface area (Å²) in [6.45, 7) is 1.54. The van der Waals surface area contributed by atoms with Crippen LogP contribution < -0.4 is 10.1 Å². The first-order valence-corrected chi connectivity index (χ1v) is 14.0. The molecule has 0 spiro atoms. The first-order valence-electron chi connectivity index (χ1n) is 11.2. The SMILES string of the molecule is CS(=O)(=O)N1CCC(c2cc(F)c(OC3CCNCC3Cc3nc(C(F)(F)F)cs3)c(F)c2)CC1. The molecule has 0 radical (unpaired) electrons. The van der Waals surface area contributed by atoms with Gasteiger partial charge in [-0.05, 0) is 49.4 Å². The average Bonchev–Trinajstić information content (AvgIpc) is 3.26. The third-order valence-corrected chi connectivity index (χ3v) is 8.68. The van der Waals surface area contributed by atoms with Gasteiger partial charge in [-0.3, -0.25) is 0 Å². The highest BCUT2D eigenvalue weighted by atomic mass is 32.2. The molecule has 0 amide bonds. The average molecular weight is 540 g/mol. The maximum absolute atomic E-state index is 15.0. The summed E-state index contributed by atoms with van der Waals surface area (Å²) in [4.78, 5) is 3.66. The number of nitrogens with one attached hydrogen (secondary N) is 1. The van der Waals surface area contributed by atoms with E-state index in [0.717, 1.165) is 23.0 Å². The van der Waals surface area contributed by atoms with Crippen molar-refractivity contribution in [3.8, 4) is 5.75 Å². The van der Waals surface area contributed by atoms with Gasteiger partial charge in [0.25, 0.3) is 0 Å². The van der Waals surface area contributed by atoms with Crippen molar-refractivity contribution in [2.75, 3.05) is 32.4 Å². The number of hydrogen-bond donors (Lipinski definition) is 1. The molecule has 0 aliphatic carbocycles. The van der Waals surface area contributed by atoms with Gasteiger partial charge in [-0.1, -0.05) is 0 Å². The highest BCUT2D eigenvalue weighted by Gasteiger charge is 2.35. The smallest absolute Gasteiger partial charge is 0.434 e. The molecule has 194 valence electrons. The van der Waals surface area contributed by atoms with Crippen molar-refractivity contribution in [1.29, 1.82) is 0 Å². The highest BCUT2D eigenvalue weighted by Crippen LogP contribution is 2.35. The zero-order chi connectivity index (χ0) is 25.4. The molecule has 2 atom stereocenters. The summed E-state index contributed by atoms with van der Waals surface area (Å²) in [6, 6.07) is 2.46. The number of thiazole rings is 1. The first kappa shape index (κ1) is 26.2. The number of hydrogen-bond acceptors (Lipinski definition) is 6. The maximum Gasteiger partial charge on any atom is 0.434 e. The Labute approximate surface area is 204 Å². The summed E-state index contributed by atoms with van der Waals surface area (Å²) in [7, 11) is -3.30. The van der Waals surface area contributed by atoms with Gasteiger partial charge in [0.1, 0.15) is 6.10 Å². The quantitative estimate of drug-likeness (QED) is 0.558. The fourth-order valence-corrected chi connectivity index (χ4v) is 6.39. The Hall–Kier alpha value is -1.83. The number of nitrogens with zero attached hydrogens (tertiary/aromatic N) is 2. The van der Waals surface area contributed by atoms with Gasteiger partial charge in [-0.25, -0.2) is 26.5 Å². The lowest BCUT2D eigenvalue weighted by Gasteiger charge is -2.33. The summed E-state index contributed by atoms with van der Waals surface area (Å²) < 4.78 is 99.0. The van der Waals surface area contributed by atoms with Crippen LogP contribution in [0.2, 0.25) is 0 Å². The van der Waals surface area contributed by atoms with E-state index >= 15 is 0 Å². The Balaban J connectivity index is 1.45. The lowest BCUT2D eigenvalue weighted by atomic mass is 9.90. The zero-order valence-corrected chi connectivity index (χ0v) is 20.6. The van der Waals surface area contributed by atoms with E-state index in [-0.39, 0.29) is 36.4 Å². The number of alkyl halides is 3. The molecule has 2 fully saturated rings. The molecule has 1 N–H and O–H groups in total. The van der Waals surface area contributed by atoms with Crippen molar-refractivity contribution in [3.05, 3.63) is 45.4 Å². The molecule has 1 aromatic heterocycles. The molecule has 35 heavy (non-hydrogen) atoms. The van der Waals surface area contributed by atoms with E-state index in [2.05, 4.69) is 10.3 Å². The van der Waals surface area contributed by atoms with Gasteiger partial charge in [-0.2, -0.15) is 13.2 Å². The lowest BCUT2D eigenvalue weighted by Crippen LogP contribution is -2.44. The third kappa shape index (κ3) is 6.30. The predicted molar refractivity (Wildman–Crippen MR) is 121 cm³/mol. The summed E-state index contributed by atoms with van der Waals surface area (Å²) in [5.41, 5.74) is -0.501. The fraction of sp³-hybridized carbons (Fsp3) is 0.591. The Kier molecular flexibility index (Phi) is 7.70. The Morgan fingerprint density at radius 2 is 1.83 bits per heavy atom. The number of ether oxygens (including phenoxy) is 1. The van der Waals surface area contributed by atoms with Gasteiger partial charge in [0.2, 0.25) is 10.0 Å². The van der Waals surface area contributed by atoms with E-state index in [1.54, 1.807) is 0 Å².